The molecule has 5 heteroatoms. The van der Waals surface area contributed by atoms with Crippen LogP contribution in [0.1, 0.15) is 0 Å². The van der Waals surface area contributed by atoms with Gasteiger partial charge in [0, 0.05) is 0 Å². The van der Waals surface area contributed by atoms with Crippen LogP contribution in [0.15, 0.2) is 0 Å². The first kappa shape index (κ1) is 8.85. The van der Waals surface area contributed by atoms with Crippen LogP contribution < -0.4 is 0 Å². The zero-order valence-corrected chi connectivity index (χ0v) is 9.31. The molecule has 0 fully saturated rings. The second-order valence-electron chi connectivity index (χ2n) is 0.842. The maximum atomic E-state index is 12.3. The lowest BCUT2D eigenvalue weighted by atomic mass is 10.9. The third-order valence-electron chi connectivity index (χ3n) is 0.247. The van der Waals surface area contributed by atoms with Gasteiger partial charge in [0.15, 0.2) is 0 Å². The van der Waals surface area contributed by atoms with E-state index in [1.54, 1.807) is 0 Å². The fourth-order valence-corrected chi connectivity index (χ4v) is 0. The van der Waals surface area contributed by atoms with Crippen molar-refractivity contribution in [1.29, 1.82) is 0 Å². The van der Waals surface area contributed by atoms with Crippen LogP contribution in [0, 0.1) is 0 Å². The SMILES string of the molecule is FC(Br)(Br)C(Br)Br. The van der Waals surface area contributed by atoms with E-state index in [1.165, 1.54) is 0 Å². The minimum Gasteiger partial charge on any atom is -0.216 e. The summed E-state index contributed by atoms with van der Waals surface area (Å²) in [6, 6.07) is 0. The molecule has 44 valence electrons. The molecule has 0 rings (SSSR count). The highest BCUT2D eigenvalue weighted by molar-refractivity contribution is 9.29. The van der Waals surface area contributed by atoms with E-state index in [2.05, 4.69) is 63.7 Å². The monoisotopic (exact) mass is 360 g/mol. The maximum Gasteiger partial charge on any atom is 0.240 e. The van der Waals surface area contributed by atoms with E-state index >= 15 is 0 Å². The molecule has 0 aliphatic carbocycles. The summed E-state index contributed by atoms with van der Waals surface area (Å²) in [5.41, 5.74) is 0. The summed E-state index contributed by atoms with van der Waals surface area (Å²) in [5, 5.41) is 0. The van der Waals surface area contributed by atoms with E-state index in [4.69, 9.17) is 0 Å². The van der Waals surface area contributed by atoms with Gasteiger partial charge in [-0.2, -0.15) is 0 Å². The summed E-state index contributed by atoms with van der Waals surface area (Å²) >= 11 is 11.3. The van der Waals surface area contributed by atoms with Gasteiger partial charge >= 0.3 is 0 Å². The Morgan fingerprint density at radius 1 is 1.29 bits per heavy atom. The van der Waals surface area contributed by atoms with Crippen molar-refractivity contribution in [2.75, 3.05) is 0 Å². The highest BCUT2D eigenvalue weighted by Crippen LogP contribution is 2.39. The van der Waals surface area contributed by atoms with Crippen LogP contribution in [0.3, 0.4) is 0 Å². The standard InChI is InChI=1S/C2HBr4F/c3-1(4)2(5,6)7/h1H. The molecule has 0 nitrogen and oxygen atoms in total. The van der Waals surface area contributed by atoms with Gasteiger partial charge in [-0.3, -0.25) is 0 Å². The Labute approximate surface area is 74.7 Å². The van der Waals surface area contributed by atoms with Gasteiger partial charge in [0.2, 0.25) is 3.49 Å². The van der Waals surface area contributed by atoms with Crippen molar-refractivity contribution in [3.63, 3.8) is 0 Å². The number of hydrogen-bond acceptors (Lipinski definition) is 0. The normalized spacial score (nSPS) is 12.9. The third-order valence-corrected chi connectivity index (χ3v) is 4.88. The Kier molecular flexibility index (Phi) is 3.96. The Balaban J connectivity index is 3.54. The third kappa shape index (κ3) is 4.36. The molecule has 7 heavy (non-hydrogen) atoms. The minimum atomic E-state index is -1.54. The molecule has 0 heterocycles. The van der Waals surface area contributed by atoms with Crippen LogP contribution in [-0.2, 0) is 0 Å². The molecule has 0 amide bonds. The summed E-state index contributed by atoms with van der Waals surface area (Å²) in [4.78, 5) is 0. The molecule has 0 radical (unpaired) electrons. The van der Waals surface area contributed by atoms with Crippen molar-refractivity contribution in [1.82, 2.24) is 0 Å². The molecule has 0 spiro atoms. The Bertz CT molecular complexity index is 55.2. The first-order valence-electron chi connectivity index (χ1n) is 1.29. The molecule has 0 aliphatic rings. The Morgan fingerprint density at radius 2 is 1.43 bits per heavy atom. The average molecular weight is 364 g/mol. The van der Waals surface area contributed by atoms with Crippen molar-refractivity contribution >= 4 is 63.7 Å². The summed E-state index contributed by atoms with van der Waals surface area (Å²) in [6.45, 7) is 0. The second-order valence-corrected chi connectivity index (χ2v) is 7.27. The molecule has 0 aliphatic heterocycles. The van der Waals surface area contributed by atoms with Crippen LogP contribution in [0.4, 0.5) is 4.39 Å². The lowest BCUT2D eigenvalue weighted by molar-refractivity contribution is 0.461. The molecule has 0 aromatic carbocycles. The number of alkyl halides is 5. The van der Waals surface area contributed by atoms with Crippen LogP contribution in [0.2, 0.25) is 0 Å². The fourth-order valence-electron chi connectivity index (χ4n) is 0. The van der Waals surface area contributed by atoms with Crippen LogP contribution in [-0.4, -0.2) is 7.22 Å². The van der Waals surface area contributed by atoms with E-state index in [1.807, 2.05) is 0 Å². The molecule has 0 saturated carbocycles. The van der Waals surface area contributed by atoms with Gasteiger partial charge in [-0.25, -0.2) is 4.39 Å². The molecule has 0 bridgehead atoms. The van der Waals surface area contributed by atoms with E-state index in [9.17, 15) is 4.39 Å². The maximum absolute atomic E-state index is 12.3. The highest BCUT2D eigenvalue weighted by atomic mass is 79.9. The minimum absolute atomic E-state index is 0.410. The summed E-state index contributed by atoms with van der Waals surface area (Å²) in [5.74, 6) is 0. The Morgan fingerprint density at radius 3 is 1.43 bits per heavy atom. The van der Waals surface area contributed by atoms with Crippen molar-refractivity contribution in [3.05, 3.63) is 0 Å². The predicted octanol–water partition coefficient (Wildman–Crippen LogP) is 3.52. The molecular weight excluding hydrogens is 363 g/mol. The predicted molar refractivity (Wildman–Crippen MR) is 43.3 cm³/mol. The van der Waals surface area contributed by atoms with Crippen molar-refractivity contribution in [2.45, 2.75) is 7.22 Å². The van der Waals surface area contributed by atoms with Crippen molar-refractivity contribution in [3.8, 4) is 0 Å². The lowest BCUT2D eigenvalue weighted by Gasteiger charge is -2.09. The number of rotatable bonds is 1. The van der Waals surface area contributed by atoms with E-state index in [0.29, 0.717) is 0 Å². The smallest absolute Gasteiger partial charge is 0.216 e. The molecule has 0 aromatic rings. The zero-order chi connectivity index (χ0) is 6.08. The number of halogens is 5. The van der Waals surface area contributed by atoms with E-state index in [0.717, 1.165) is 0 Å². The lowest BCUT2D eigenvalue weighted by Crippen LogP contribution is -2.10. The van der Waals surface area contributed by atoms with Gasteiger partial charge in [-0.05, 0) is 31.9 Å². The van der Waals surface area contributed by atoms with Crippen molar-refractivity contribution < 1.29 is 4.39 Å². The highest BCUT2D eigenvalue weighted by Gasteiger charge is 2.28. The number of hydrogen-bond donors (Lipinski definition) is 0. The summed E-state index contributed by atoms with van der Waals surface area (Å²) in [7, 11) is 0. The molecule has 0 unspecified atom stereocenters. The first-order valence-corrected chi connectivity index (χ1v) is 4.71. The van der Waals surface area contributed by atoms with Crippen LogP contribution >= 0.6 is 63.7 Å². The van der Waals surface area contributed by atoms with Gasteiger partial charge in [-0.1, -0.05) is 31.9 Å². The van der Waals surface area contributed by atoms with Gasteiger partial charge in [0.05, 0.1) is 0 Å². The van der Waals surface area contributed by atoms with Crippen LogP contribution in [0.25, 0.3) is 0 Å². The Hall–Kier alpha value is 1.85. The molecular formula is C2HBr4F. The fraction of sp³-hybridized carbons (Fsp3) is 1.00. The summed E-state index contributed by atoms with van der Waals surface area (Å²) in [6.07, 6.45) is 0. The zero-order valence-electron chi connectivity index (χ0n) is 2.97. The van der Waals surface area contributed by atoms with Gasteiger partial charge < -0.3 is 0 Å². The second kappa shape index (κ2) is 3.13. The molecule has 0 atom stereocenters. The van der Waals surface area contributed by atoms with Crippen molar-refractivity contribution in [2.24, 2.45) is 0 Å². The van der Waals surface area contributed by atoms with E-state index in [-0.39, 0.29) is 0 Å². The molecule has 0 saturated heterocycles. The van der Waals surface area contributed by atoms with Gasteiger partial charge in [-0.15, -0.1) is 0 Å². The van der Waals surface area contributed by atoms with Gasteiger partial charge in [0.1, 0.15) is 3.74 Å². The van der Waals surface area contributed by atoms with Crippen LogP contribution in [0.5, 0.6) is 0 Å². The van der Waals surface area contributed by atoms with E-state index < -0.39 is 7.22 Å². The van der Waals surface area contributed by atoms with Gasteiger partial charge in [0.25, 0.3) is 0 Å². The largest absolute Gasteiger partial charge is 0.240 e. The first-order chi connectivity index (χ1) is 2.94. The molecule has 0 N–H and O–H groups in total. The molecule has 0 aromatic heterocycles. The summed E-state index contributed by atoms with van der Waals surface area (Å²) < 4.78 is 10.3. The average Bonchev–Trinajstić information content (AvgIpc) is 1.31. The topological polar surface area (TPSA) is 0 Å². The quantitative estimate of drug-likeness (QED) is 0.625.